The molecule has 106 valence electrons. The average molecular weight is 412 g/mol. The zero-order chi connectivity index (χ0) is 14.0. The van der Waals surface area contributed by atoms with E-state index < -0.39 is 10.0 Å². The lowest BCUT2D eigenvalue weighted by molar-refractivity contribution is 0.428. The zero-order valence-corrected chi connectivity index (χ0v) is 14.5. The Hall–Kier alpha value is 0.0500. The van der Waals surface area contributed by atoms with Crippen molar-refractivity contribution in [3.05, 3.63) is 26.6 Å². The van der Waals surface area contributed by atoms with E-state index >= 15 is 0 Å². The van der Waals surface area contributed by atoms with Gasteiger partial charge in [0.05, 0.1) is 4.90 Å². The van der Waals surface area contributed by atoms with Gasteiger partial charge >= 0.3 is 0 Å². The molecule has 0 spiro atoms. The molecular formula is C12H16Br2N2O2S. The second-order valence-corrected chi connectivity index (χ2v) is 8.09. The van der Waals surface area contributed by atoms with Gasteiger partial charge in [0.15, 0.2) is 0 Å². The second kappa shape index (κ2) is 6.22. The number of halogens is 2. The van der Waals surface area contributed by atoms with Crippen LogP contribution in [0, 0.1) is 6.92 Å². The van der Waals surface area contributed by atoms with E-state index in [0.29, 0.717) is 11.0 Å². The van der Waals surface area contributed by atoms with Crippen LogP contribution < -0.4 is 10.0 Å². The third kappa shape index (κ3) is 3.78. The number of nitrogens with one attached hydrogen (secondary N) is 2. The van der Waals surface area contributed by atoms with E-state index in [1.165, 1.54) is 0 Å². The highest BCUT2D eigenvalue weighted by atomic mass is 79.9. The van der Waals surface area contributed by atoms with Crippen molar-refractivity contribution in [3.8, 4) is 0 Å². The Labute approximate surface area is 130 Å². The lowest BCUT2D eigenvalue weighted by Gasteiger charge is -2.24. The maximum Gasteiger partial charge on any atom is 0.242 e. The SMILES string of the molecule is Cc1cc(Br)c(S(=O)(=O)N[C@@H]2CCCNC2)cc1Br. The Morgan fingerprint density at radius 3 is 2.68 bits per heavy atom. The fourth-order valence-electron chi connectivity index (χ4n) is 2.07. The van der Waals surface area contributed by atoms with E-state index in [0.717, 1.165) is 29.4 Å². The molecule has 4 nitrogen and oxygen atoms in total. The number of piperidine rings is 1. The van der Waals surface area contributed by atoms with Gasteiger partial charge < -0.3 is 5.32 Å². The largest absolute Gasteiger partial charge is 0.315 e. The molecular weight excluding hydrogens is 396 g/mol. The van der Waals surface area contributed by atoms with E-state index in [1.807, 2.05) is 6.92 Å². The molecule has 2 N–H and O–H groups in total. The lowest BCUT2D eigenvalue weighted by Crippen LogP contribution is -2.45. The summed E-state index contributed by atoms with van der Waals surface area (Å²) in [5.74, 6) is 0. The van der Waals surface area contributed by atoms with Crippen LogP contribution >= 0.6 is 31.9 Å². The summed E-state index contributed by atoms with van der Waals surface area (Å²) in [4.78, 5) is 0.274. The van der Waals surface area contributed by atoms with Gasteiger partial charge in [0.25, 0.3) is 0 Å². The molecule has 1 aromatic rings. The maximum absolute atomic E-state index is 12.4. The summed E-state index contributed by atoms with van der Waals surface area (Å²) in [5, 5.41) is 3.20. The van der Waals surface area contributed by atoms with Gasteiger partial charge in [-0.05, 0) is 59.9 Å². The maximum atomic E-state index is 12.4. The van der Waals surface area contributed by atoms with Crippen molar-refractivity contribution < 1.29 is 8.42 Å². The molecule has 0 saturated carbocycles. The lowest BCUT2D eigenvalue weighted by atomic mass is 10.1. The Bertz CT molecular complexity index is 569. The number of hydrogen-bond donors (Lipinski definition) is 2. The minimum atomic E-state index is -3.50. The second-order valence-electron chi connectivity index (χ2n) is 4.70. The molecule has 0 unspecified atom stereocenters. The topological polar surface area (TPSA) is 58.2 Å². The van der Waals surface area contributed by atoms with Crippen molar-refractivity contribution in [2.45, 2.75) is 30.7 Å². The standard InChI is InChI=1S/C12H16Br2N2O2S/c1-8-5-11(14)12(6-10(8)13)19(17,18)16-9-3-2-4-15-7-9/h5-6,9,15-16H,2-4,7H2,1H3/t9-/m1/s1. The minimum absolute atomic E-state index is 0.0364. The van der Waals surface area contributed by atoms with E-state index in [9.17, 15) is 8.42 Å². The van der Waals surface area contributed by atoms with Crippen LogP contribution in [0.5, 0.6) is 0 Å². The molecule has 19 heavy (non-hydrogen) atoms. The monoisotopic (exact) mass is 410 g/mol. The third-order valence-corrected chi connectivity index (χ3v) is 6.45. The first kappa shape index (κ1) is 15.4. The molecule has 1 atom stereocenters. The molecule has 1 heterocycles. The Morgan fingerprint density at radius 2 is 2.05 bits per heavy atom. The van der Waals surface area contributed by atoms with Crippen LogP contribution in [0.2, 0.25) is 0 Å². The molecule has 0 aliphatic carbocycles. The first-order valence-electron chi connectivity index (χ1n) is 6.09. The predicted octanol–water partition coefficient (Wildman–Crippen LogP) is 2.55. The smallest absolute Gasteiger partial charge is 0.242 e. The molecule has 7 heteroatoms. The Kier molecular flexibility index (Phi) is 5.05. The highest BCUT2D eigenvalue weighted by Crippen LogP contribution is 2.29. The quantitative estimate of drug-likeness (QED) is 0.803. The van der Waals surface area contributed by atoms with Gasteiger partial charge in [-0.1, -0.05) is 15.9 Å². The van der Waals surface area contributed by atoms with Crippen molar-refractivity contribution in [2.75, 3.05) is 13.1 Å². The summed E-state index contributed by atoms with van der Waals surface area (Å²) in [7, 11) is -3.50. The van der Waals surface area contributed by atoms with Gasteiger partial charge in [-0.2, -0.15) is 0 Å². The van der Waals surface area contributed by atoms with Crippen LogP contribution in [0.15, 0.2) is 26.0 Å². The number of benzene rings is 1. The molecule has 0 amide bonds. The summed E-state index contributed by atoms with van der Waals surface area (Å²) in [6.45, 7) is 3.56. The van der Waals surface area contributed by atoms with Crippen molar-refractivity contribution in [3.63, 3.8) is 0 Å². The summed E-state index contributed by atoms with van der Waals surface area (Å²) in [6, 6.07) is 3.40. The summed E-state index contributed by atoms with van der Waals surface area (Å²) >= 11 is 6.70. The number of rotatable bonds is 3. The molecule has 2 rings (SSSR count). The van der Waals surface area contributed by atoms with Crippen molar-refractivity contribution in [1.29, 1.82) is 0 Å². The molecule has 1 fully saturated rings. The van der Waals surface area contributed by atoms with Gasteiger partial charge in [0.2, 0.25) is 10.0 Å². The van der Waals surface area contributed by atoms with Gasteiger partial charge in [0.1, 0.15) is 0 Å². The van der Waals surface area contributed by atoms with Gasteiger partial charge in [0, 0.05) is 21.5 Å². The molecule has 1 saturated heterocycles. The third-order valence-electron chi connectivity index (χ3n) is 3.12. The van der Waals surface area contributed by atoms with Gasteiger partial charge in [-0.15, -0.1) is 0 Å². The Morgan fingerprint density at radius 1 is 1.32 bits per heavy atom. The van der Waals surface area contributed by atoms with Crippen LogP contribution in [0.4, 0.5) is 0 Å². The van der Waals surface area contributed by atoms with Crippen LogP contribution in [-0.2, 0) is 10.0 Å². The van der Waals surface area contributed by atoms with E-state index in [4.69, 9.17) is 0 Å². The average Bonchev–Trinajstić information content (AvgIpc) is 2.34. The fourth-order valence-corrected chi connectivity index (χ4v) is 5.02. The van der Waals surface area contributed by atoms with Crippen LogP contribution in [0.1, 0.15) is 18.4 Å². The highest BCUT2D eigenvalue weighted by Gasteiger charge is 2.24. The zero-order valence-electron chi connectivity index (χ0n) is 10.5. The molecule has 1 aliphatic rings. The summed E-state index contributed by atoms with van der Waals surface area (Å²) < 4.78 is 28.9. The van der Waals surface area contributed by atoms with E-state index in [2.05, 4.69) is 41.9 Å². The highest BCUT2D eigenvalue weighted by molar-refractivity contribution is 9.11. The molecule has 0 aromatic heterocycles. The van der Waals surface area contributed by atoms with Crippen molar-refractivity contribution >= 4 is 41.9 Å². The van der Waals surface area contributed by atoms with Crippen LogP contribution in [0.25, 0.3) is 0 Å². The van der Waals surface area contributed by atoms with Crippen molar-refractivity contribution in [2.24, 2.45) is 0 Å². The molecule has 0 radical (unpaired) electrons. The first-order chi connectivity index (χ1) is 8.90. The van der Waals surface area contributed by atoms with Gasteiger partial charge in [-0.3, -0.25) is 0 Å². The first-order valence-corrected chi connectivity index (χ1v) is 9.16. The summed E-state index contributed by atoms with van der Waals surface area (Å²) in [5.41, 5.74) is 0.991. The summed E-state index contributed by atoms with van der Waals surface area (Å²) in [6.07, 6.45) is 1.86. The molecule has 1 aromatic carbocycles. The number of sulfonamides is 1. The van der Waals surface area contributed by atoms with E-state index in [-0.39, 0.29) is 10.9 Å². The number of hydrogen-bond acceptors (Lipinski definition) is 3. The normalized spacial score (nSPS) is 20.5. The molecule has 1 aliphatic heterocycles. The van der Waals surface area contributed by atoms with Crippen LogP contribution in [-0.4, -0.2) is 27.5 Å². The predicted molar refractivity (Wildman–Crippen MR) is 82.8 cm³/mol. The van der Waals surface area contributed by atoms with Crippen LogP contribution in [0.3, 0.4) is 0 Å². The number of aryl methyl sites for hydroxylation is 1. The minimum Gasteiger partial charge on any atom is -0.315 e. The van der Waals surface area contributed by atoms with Crippen molar-refractivity contribution in [1.82, 2.24) is 10.0 Å². The fraction of sp³-hybridized carbons (Fsp3) is 0.500. The van der Waals surface area contributed by atoms with E-state index in [1.54, 1.807) is 12.1 Å². The van der Waals surface area contributed by atoms with Gasteiger partial charge in [-0.25, -0.2) is 13.1 Å². The molecule has 0 bridgehead atoms. The Balaban J connectivity index is 2.26.